The second-order valence-electron chi connectivity index (χ2n) is 4.36. The molecule has 0 amide bonds. The van der Waals surface area contributed by atoms with Gasteiger partial charge in [-0.2, -0.15) is 0 Å². The SMILES string of the molecule is CN1CC=C(c2cccn2C)CC1.O=C(O)C(=O)O. The molecular weight excluding hydrogens is 248 g/mol. The van der Waals surface area contributed by atoms with Crippen LogP contribution in [0.1, 0.15) is 12.1 Å². The van der Waals surface area contributed by atoms with Crippen molar-refractivity contribution in [3.05, 3.63) is 30.1 Å². The van der Waals surface area contributed by atoms with Crippen LogP contribution in [0.4, 0.5) is 0 Å². The van der Waals surface area contributed by atoms with Gasteiger partial charge in [-0.25, -0.2) is 9.59 Å². The Morgan fingerprint density at radius 3 is 2.21 bits per heavy atom. The van der Waals surface area contributed by atoms with Gasteiger partial charge in [0.05, 0.1) is 0 Å². The Labute approximate surface area is 111 Å². The van der Waals surface area contributed by atoms with Crippen molar-refractivity contribution in [3.63, 3.8) is 0 Å². The minimum Gasteiger partial charge on any atom is -0.473 e. The number of aromatic nitrogens is 1. The van der Waals surface area contributed by atoms with Crippen molar-refractivity contribution in [2.45, 2.75) is 6.42 Å². The summed E-state index contributed by atoms with van der Waals surface area (Å²) in [7, 11) is 4.27. The van der Waals surface area contributed by atoms with E-state index in [1.165, 1.54) is 24.2 Å². The smallest absolute Gasteiger partial charge is 0.414 e. The van der Waals surface area contributed by atoms with Gasteiger partial charge in [0.25, 0.3) is 0 Å². The number of aliphatic carboxylic acids is 2. The highest BCUT2D eigenvalue weighted by atomic mass is 16.4. The lowest BCUT2D eigenvalue weighted by Gasteiger charge is -2.22. The fraction of sp³-hybridized carbons (Fsp3) is 0.385. The van der Waals surface area contributed by atoms with E-state index in [-0.39, 0.29) is 0 Å². The molecule has 2 heterocycles. The van der Waals surface area contributed by atoms with E-state index in [0.717, 1.165) is 6.54 Å². The van der Waals surface area contributed by atoms with Crippen LogP contribution in [0.25, 0.3) is 5.57 Å². The number of carboxylic acid groups (broad SMARTS) is 2. The summed E-state index contributed by atoms with van der Waals surface area (Å²) < 4.78 is 2.19. The predicted octanol–water partition coefficient (Wildman–Crippen LogP) is 0.900. The Kier molecular flexibility index (Phi) is 5.32. The molecule has 0 saturated heterocycles. The predicted molar refractivity (Wildman–Crippen MR) is 70.8 cm³/mol. The maximum Gasteiger partial charge on any atom is 0.414 e. The molecule has 1 aliphatic rings. The molecule has 6 heteroatoms. The van der Waals surface area contributed by atoms with Crippen LogP contribution >= 0.6 is 0 Å². The van der Waals surface area contributed by atoms with Crippen LogP contribution in [0.15, 0.2) is 24.4 Å². The Morgan fingerprint density at radius 1 is 1.21 bits per heavy atom. The maximum absolute atomic E-state index is 9.10. The van der Waals surface area contributed by atoms with Crippen molar-refractivity contribution in [1.29, 1.82) is 0 Å². The molecule has 2 N–H and O–H groups in total. The van der Waals surface area contributed by atoms with E-state index < -0.39 is 11.9 Å². The number of carboxylic acids is 2. The fourth-order valence-electron chi connectivity index (χ4n) is 1.80. The first kappa shape index (κ1) is 15.0. The van der Waals surface area contributed by atoms with Crippen molar-refractivity contribution in [1.82, 2.24) is 9.47 Å². The van der Waals surface area contributed by atoms with Crippen LogP contribution < -0.4 is 0 Å². The highest BCUT2D eigenvalue weighted by Crippen LogP contribution is 2.21. The van der Waals surface area contributed by atoms with Gasteiger partial charge in [0.2, 0.25) is 0 Å². The van der Waals surface area contributed by atoms with Crippen molar-refractivity contribution in [3.8, 4) is 0 Å². The minimum absolute atomic E-state index is 1.08. The summed E-state index contributed by atoms with van der Waals surface area (Å²) in [5.74, 6) is -3.65. The average molecular weight is 266 g/mol. The molecular formula is C13H18N2O4. The highest BCUT2D eigenvalue weighted by molar-refractivity contribution is 6.27. The Morgan fingerprint density at radius 2 is 1.84 bits per heavy atom. The van der Waals surface area contributed by atoms with Gasteiger partial charge in [0.1, 0.15) is 0 Å². The zero-order chi connectivity index (χ0) is 14.4. The first-order chi connectivity index (χ1) is 8.91. The van der Waals surface area contributed by atoms with Gasteiger partial charge < -0.3 is 19.7 Å². The molecule has 0 unspecified atom stereocenters. The first-order valence-corrected chi connectivity index (χ1v) is 5.87. The molecule has 0 radical (unpaired) electrons. The molecule has 0 atom stereocenters. The largest absolute Gasteiger partial charge is 0.473 e. The summed E-state index contributed by atoms with van der Waals surface area (Å²) >= 11 is 0. The summed E-state index contributed by atoms with van der Waals surface area (Å²) in [6.45, 7) is 2.26. The summed E-state index contributed by atoms with van der Waals surface area (Å²) in [4.78, 5) is 20.5. The number of likely N-dealkylation sites (N-methyl/N-ethyl adjacent to an activating group) is 1. The number of carbonyl (C=O) groups is 2. The van der Waals surface area contributed by atoms with Gasteiger partial charge >= 0.3 is 11.9 Å². The number of aryl methyl sites for hydroxylation is 1. The molecule has 0 saturated carbocycles. The van der Waals surface area contributed by atoms with E-state index >= 15 is 0 Å². The molecule has 104 valence electrons. The normalized spacial score (nSPS) is 15.2. The molecule has 0 fully saturated rings. The van der Waals surface area contributed by atoms with Gasteiger partial charge in [0, 0.05) is 32.0 Å². The zero-order valence-electron chi connectivity index (χ0n) is 11.0. The van der Waals surface area contributed by atoms with E-state index in [4.69, 9.17) is 19.8 Å². The summed E-state index contributed by atoms with van der Waals surface area (Å²) in [5, 5.41) is 14.8. The first-order valence-electron chi connectivity index (χ1n) is 5.87. The quantitative estimate of drug-likeness (QED) is 0.738. The molecule has 2 rings (SSSR count). The average Bonchev–Trinajstić information content (AvgIpc) is 2.77. The Hall–Kier alpha value is -2.08. The lowest BCUT2D eigenvalue weighted by Crippen LogP contribution is -2.24. The number of nitrogens with zero attached hydrogens (tertiary/aromatic N) is 2. The molecule has 1 aliphatic heterocycles. The van der Waals surface area contributed by atoms with Gasteiger partial charge in [-0.15, -0.1) is 0 Å². The fourth-order valence-corrected chi connectivity index (χ4v) is 1.80. The van der Waals surface area contributed by atoms with Gasteiger partial charge in [0.15, 0.2) is 0 Å². The van der Waals surface area contributed by atoms with Crippen LogP contribution in [-0.4, -0.2) is 51.8 Å². The van der Waals surface area contributed by atoms with Crippen LogP contribution in [0.2, 0.25) is 0 Å². The maximum atomic E-state index is 9.10. The molecule has 0 spiro atoms. The molecule has 6 nitrogen and oxygen atoms in total. The molecule has 1 aromatic heterocycles. The second kappa shape index (κ2) is 6.75. The monoisotopic (exact) mass is 266 g/mol. The summed E-state index contributed by atoms with van der Waals surface area (Å²) in [5.41, 5.74) is 2.86. The number of rotatable bonds is 1. The van der Waals surface area contributed by atoms with E-state index in [1.54, 1.807) is 0 Å². The van der Waals surface area contributed by atoms with Crippen molar-refractivity contribution in [2.75, 3.05) is 20.1 Å². The molecule has 1 aromatic rings. The zero-order valence-corrected chi connectivity index (χ0v) is 11.0. The van der Waals surface area contributed by atoms with Gasteiger partial charge in [-0.3, -0.25) is 0 Å². The number of hydrogen-bond acceptors (Lipinski definition) is 3. The minimum atomic E-state index is -1.82. The second-order valence-corrected chi connectivity index (χ2v) is 4.36. The third-order valence-corrected chi connectivity index (χ3v) is 2.87. The molecule has 0 aliphatic carbocycles. The third kappa shape index (κ3) is 4.59. The number of hydrogen-bond donors (Lipinski definition) is 2. The summed E-state index contributed by atoms with van der Waals surface area (Å²) in [6.07, 6.45) is 5.61. The topological polar surface area (TPSA) is 82.8 Å². The van der Waals surface area contributed by atoms with E-state index in [9.17, 15) is 0 Å². The van der Waals surface area contributed by atoms with E-state index in [2.05, 4.69) is 48.0 Å². The van der Waals surface area contributed by atoms with Gasteiger partial charge in [-0.1, -0.05) is 6.08 Å². The van der Waals surface area contributed by atoms with Crippen LogP contribution in [-0.2, 0) is 16.6 Å². The molecule has 0 bridgehead atoms. The van der Waals surface area contributed by atoms with Crippen LogP contribution in [0, 0.1) is 0 Å². The van der Waals surface area contributed by atoms with E-state index in [0.29, 0.717) is 0 Å². The molecule has 0 aromatic carbocycles. The van der Waals surface area contributed by atoms with Gasteiger partial charge in [-0.05, 0) is 31.2 Å². The van der Waals surface area contributed by atoms with Crippen molar-refractivity contribution < 1.29 is 19.8 Å². The molecule has 19 heavy (non-hydrogen) atoms. The van der Waals surface area contributed by atoms with Crippen molar-refractivity contribution in [2.24, 2.45) is 7.05 Å². The Balaban J connectivity index is 0.000000258. The van der Waals surface area contributed by atoms with Crippen LogP contribution in [0.5, 0.6) is 0 Å². The third-order valence-electron chi connectivity index (χ3n) is 2.87. The van der Waals surface area contributed by atoms with Crippen molar-refractivity contribution >= 4 is 17.5 Å². The standard InChI is InChI=1S/C11H16N2.C2H2O4/c1-12-8-5-10(6-9-12)11-4-3-7-13(11)2;3-1(4)2(5)6/h3-5,7H,6,8-9H2,1-2H3;(H,3,4)(H,5,6). The lowest BCUT2D eigenvalue weighted by molar-refractivity contribution is -0.159. The highest BCUT2D eigenvalue weighted by Gasteiger charge is 2.10. The Bertz CT molecular complexity index is 479. The summed E-state index contributed by atoms with van der Waals surface area (Å²) in [6, 6.07) is 4.30. The lowest BCUT2D eigenvalue weighted by atomic mass is 10.1. The van der Waals surface area contributed by atoms with E-state index in [1.807, 2.05) is 0 Å². The van der Waals surface area contributed by atoms with Crippen LogP contribution in [0.3, 0.4) is 0 Å².